The van der Waals surface area contributed by atoms with Crippen molar-refractivity contribution in [3.63, 3.8) is 0 Å². The van der Waals surface area contributed by atoms with E-state index >= 15 is 0 Å². The van der Waals surface area contributed by atoms with Crippen LogP contribution in [-0.2, 0) is 4.74 Å². The van der Waals surface area contributed by atoms with Gasteiger partial charge in [-0.25, -0.2) is 0 Å². The highest BCUT2D eigenvalue weighted by molar-refractivity contribution is 5.32. The van der Waals surface area contributed by atoms with E-state index in [4.69, 9.17) is 4.74 Å². The van der Waals surface area contributed by atoms with E-state index in [2.05, 4.69) is 51.2 Å². The van der Waals surface area contributed by atoms with Crippen LogP contribution in [0.2, 0.25) is 0 Å². The number of ether oxygens (including phenoxy) is 1. The average Bonchev–Trinajstić information content (AvgIpc) is 2.15. The Balaban J connectivity index is 3.08. The molecule has 1 aromatic rings. The average molecular weight is 235 g/mol. The molecule has 1 aromatic carbocycles. The van der Waals surface area contributed by atoms with E-state index < -0.39 is 0 Å². The monoisotopic (exact) mass is 235 g/mol. The van der Waals surface area contributed by atoms with E-state index in [1.807, 2.05) is 14.0 Å². The Morgan fingerprint density at radius 2 is 1.71 bits per heavy atom. The van der Waals surface area contributed by atoms with Crippen molar-refractivity contribution in [3.05, 3.63) is 34.9 Å². The summed E-state index contributed by atoms with van der Waals surface area (Å²) in [6, 6.07) is 6.87. The Morgan fingerprint density at radius 3 is 2.12 bits per heavy atom. The number of rotatable bonds is 5. The van der Waals surface area contributed by atoms with Crippen LogP contribution in [0, 0.1) is 13.8 Å². The van der Waals surface area contributed by atoms with Gasteiger partial charge in [0.05, 0.1) is 11.6 Å². The summed E-state index contributed by atoms with van der Waals surface area (Å²) in [7, 11) is 1.99. The molecular weight excluding hydrogens is 210 g/mol. The Morgan fingerprint density at radius 1 is 1.18 bits per heavy atom. The Kier molecular flexibility index (Phi) is 4.72. The van der Waals surface area contributed by atoms with Gasteiger partial charge in [-0.3, -0.25) is 0 Å². The van der Waals surface area contributed by atoms with Gasteiger partial charge in [0.25, 0.3) is 0 Å². The standard InChI is InChI=1S/C15H25NO/c1-7-17-15(4,5)14(16-6)13-9-11(2)8-12(3)10-13/h8-10,14,16H,7H2,1-6H3. The number of benzene rings is 1. The number of aryl methyl sites for hydroxylation is 2. The Bertz CT molecular complexity index is 351. The smallest absolute Gasteiger partial charge is 0.0820 e. The molecule has 0 amide bonds. The van der Waals surface area contributed by atoms with Gasteiger partial charge in [-0.05, 0) is 47.2 Å². The number of likely N-dealkylation sites (N-methyl/N-ethyl adjacent to an activating group) is 1. The van der Waals surface area contributed by atoms with E-state index in [1.165, 1.54) is 16.7 Å². The third kappa shape index (κ3) is 3.55. The zero-order valence-corrected chi connectivity index (χ0v) is 11.9. The second-order valence-electron chi connectivity index (χ2n) is 5.18. The number of hydrogen-bond acceptors (Lipinski definition) is 2. The van der Waals surface area contributed by atoms with Gasteiger partial charge in [-0.15, -0.1) is 0 Å². The first-order chi connectivity index (χ1) is 7.90. The van der Waals surface area contributed by atoms with E-state index in [9.17, 15) is 0 Å². The lowest BCUT2D eigenvalue weighted by Crippen LogP contribution is -2.40. The SMILES string of the molecule is CCOC(C)(C)C(NC)c1cc(C)cc(C)c1. The summed E-state index contributed by atoms with van der Waals surface area (Å²) in [6.45, 7) is 11.3. The van der Waals surface area contributed by atoms with E-state index in [-0.39, 0.29) is 11.6 Å². The van der Waals surface area contributed by atoms with Crippen LogP contribution in [0.25, 0.3) is 0 Å². The minimum atomic E-state index is -0.205. The van der Waals surface area contributed by atoms with Gasteiger partial charge in [0.1, 0.15) is 0 Å². The largest absolute Gasteiger partial charge is 0.374 e. The first kappa shape index (κ1) is 14.2. The highest BCUT2D eigenvalue weighted by atomic mass is 16.5. The predicted molar refractivity (Wildman–Crippen MR) is 73.4 cm³/mol. The lowest BCUT2D eigenvalue weighted by molar-refractivity contribution is -0.0374. The van der Waals surface area contributed by atoms with Crippen molar-refractivity contribution < 1.29 is 4.74 Å². The molecule has 2 nitrogen and oxygen atoms in total. The fraction of sp³-hybridized carbons (Fsp3) is 0.600. The molecule has 0 heterocycles. The Hall–Kier alpha value is -0.860. The summed E-state index contributed by atoms with van der Waals surface area (Å²) >= 11 is 0. The lowest BCUT2D eigenvalue weighted by Gasteiger charge is -2.34. The van der Waals surface area contributed by atoms with Gasteiger partial charge < -0.3 is 10.1 Å². The molecule has 2 heteroatoms. The lowest BCUT2D eigenvalue weighted by atomic mass is 9.90. The van der Waals surface area contributed by atoms with Crippen molar-refractivity contribution in [2.75, 3.05) is 13.7 Å². The number of nitrogens with one attached hydrogen (secondary N) is 1. The molecule has 96 valence electrons. The second-order valence-corrected chi connectivity index (χ2v) is 5.18. The second kappa shape index (κ2) is 5.65. The molecule has 0 aliphatic carbocycles. The van der Waals surface area contributed by atoms with Crippen LogP contribution in [0.3, 0.4) is 0 Å². The molecule has 0 saturated heterocycles. The van der Waals surface area contributed by atoms with Crippen molar-refractivity contribution in [3.8, 4) is 0 Å². The van der Waals surface area contributed by atoms with Crippen molar-refractivity contribution in [1.82, 2.24) is 5.32 Å². The summed E-state index contributed by atoms with van der Waals surface area (Å²) in [5.41, 5.74) is 3.69. The van der Waals surface area contributed by atoms with Gasteiger partial charge in [-0.1, -0.05) is 29.3 Å². The van der Waals surface area contributed by atoms with Gasteiger partial charge in [0, 0.05) is 6.61 Å². The molecule has 17 heavy (non-hydrogen) atoms. The van der Waals surface area contributed by atoms with Crippen LogP contribution in [0.1, 0.15) is 43.5 Å². The summed E-state index contributed by atoms with van der Waals surface area (Å²) in [5.74, 6) is 0. The molecule has 1 rings (SSSR count). The maximum Gasteiger partial charge on any atom is 0.0820 e. The van der Waals surface area contributed by atoms with E-state index in [1.54, 1.807) is 0 Å². The van der Waals surface area contributed by atoms with Crippen LogP contribution in [0.4, 0.5) is 0 Å². The van der Waals surface area contributed by atoms with Crippen LogP contribution < -0.4 is 5.32 Å². The van der Waals surface area contributed by atoms with Crippen LogP contribution in [0.15, 0.2) is 18.2 Å². The zero-order valence-electron chi connectivity index (χ0n) is 11.9. The molecule has 0 aliphatic heterocycles. The zero-order chi connectivity index (χ0) is 13.1. The van der Waals surface area contributed by atoms with Crippen molar-refractivity contribution in [2.24, 2.45) is 0 Å². The third-order valence-corrected chi connectivity index (χ3v) is 3.08. The topological polar surface area (TPSA) is 21.3 Å². The quantitative estimate of drug-likeness (QED) is 0.844. The molecule has 0 bridgehead atoms. The Labute approximate surface area is 105 Å². The molecule has 0 radical (unpaired) electrons. The molecule has 0 aliphatic rings. The van der Waals surface area contributed by atoms with Crippen LogP contribution >= 0.6 is 0 Å². The summed E-state index contributed by atoms with van der Waals surface area (Å²) < 4.78 is 5.85. The predicted octanol–water partition coefficient (Wildman–Crippen LogP) is 3.38. The molecule has 1 N–H and O–H groups in total. The maximum absolute atomic E-state index is 5.85. The van der Waals surface area contributed by atoms with Gasteiger partial charge >= 0.3 is 0 Å². The van der Waals surface area contributed by atoms with Crippen molar-refractivity contribution in [1.29, 1.82) is 0 Å². The highest BCUT2D eigenvalue weighted by Gasteiger charge is 2.30. The minimum absolute atomic E-state index is 0.205. The highest BCUT2D eigenvalue weighted by Crippen LogP contribution is 2.29. The summed E-state index contributed by atoms with van der Waals surface area (Å²) in [5, 5.41) is 3.37. The molecule has 0 aromatic heterocycles. The van der Waals surface area contributed by atoms with Crippen molar-refractivity contribution >= 4 is 0 Å². The third-order valence-electron chi connectivity index (χ3n) is 3.08. The minimum Gasteiger partial charge on any atom is -0.374 e. The van der Waals surface area contributed by atoms with E-state index in [0.29, 0.717) is 0 Å². The molecule has 0 fully saturated rings. The first-order valence-electron chi connectivity index (χ1n) is 6.30. The molecule has 1 unspecified atom stereocenters. The number of hydrogen-bond donors (Lipinski definition) is 1. The molecular formula is C15H25NO. The van der Waals surface area contributed by atoms with Crippen LogP contribution in [0.5, 0.6) is 0 Å². The normalized spacial score (nSPS) is 13.8. The first-order valence-corrected chi connectivity index (χ1v) is 6.30. The summed E-state index contributed by atoms with van der Waals surface area (Å²) in [6.07, 6.45) is 0. The molecule has 1 atom stereocenters. The molecule has 0 spiro atoms. The van der Waals surface area contributed by atoms with Crippen LogP contribution in [-0.4, -0.2) is 19.3 Å². The van der Waals surface area contributed by atoms with Gasteiger partial charge in [-0.2, -0.15) is 0 Å². The van der Waals surface area contributed by atoms with Crippen molar-refractivity contribution in [2.45, 2.75) is 46.3 Å². The fourth-order valence-electron chi connectivity index (χ4n) is 2.55. The maximum atomic E-state index is 5.85. The van der Waals surface area contributed by atoms with Gasteiger partial charge in [0.2, 0.25) is 0 Å². The molecule has 0 saturated carbocycles. The van der Waals surface area contributed by atoms with E-state index in [0.717, 1.165) is 6.61 Å². The summed E-state index contributed by atoms with van der Waals surface area (Å²) in [4.78, 5) is 0. The van der Waals surface area contributed by atoms with Gasteiger partial charge in [0.15, 0.2) is 0 Å². The fourth-order valence-corrected chi connectivity index (χ4v) is 2.55.